The number of pyridine rings is 1. The largest absolute Gasteiger partial charge is 0.324 e. The van der Waals surface area contributed by atoms with Crippen LogP contribution in [0.15, 0.2) is 12.4 Å². The highest BCUT2D eigenvalue weighted by molar-refractivity contribution is 6.35. The number of hydrogen-bond donors (Lipinski definition) is 1. The first kappa shape index (κ1) is 9.25. The van der Waals surface area contributed by atoms with Gasteiger partial charge >= 0.3 is 0 Å². The lowest BCUT2D eigenvalue weighted by molar-refractivity contribution is 0.633. The molecule has 0 amide bonds. The number of nitrogens with zero attached hydrogens (tertiary/aromatic N) is 1. The van der Waals surface area contributed by atoms with E-state index in [0.29, 0.717) is 16.0 Å². The highest BCUT2D eigenvalue weighted by atomic mass is 35.5. The molecule has 1 aliphatic rings. The number of hydrogen-bond acceptors (Lipinski definition) is 2. The Morgan fingerprint density at radius 3 is 2.31 bits per heavy atom. The van der Waals surface area contributed by atoms with Gasteiger partial charge in [-0.1, -0.05) is 23.2 Å². The van der Waals surface area contributed by atoms with Crippen molar-refractivity contribution in [3.63, 3.8) is 0 Å². The zero-order valence-corrected chi connectivity index (χ0v) is 8.52. The van der Waals surface area contributed by atoms with E-state index in [1.54, 1.807) is 12.4 Å². The molecule has 1 atom stereocenters. The summed E-state index contributed by atoms with van der Waals surface area (Å²) < 4.78 is 0. The Kier molecular flexibility index (Phi) is 2.45. The van der Waals surface area contributed by atoms with Crippen LogP contribution in [0, 0.1) is 5.92 Å². The summed E-state index contributed by atoms with van der Waals surface area (Å²) in [5.74, 6) is 0.553. The van der Waals surface area contributed by atoms with Crippen molar-refractivity contribution in [3.05, 3.63) is 28.0 Å². The fourth-order valence-electron chi connectivity index (χ4n) is 1.43. The molecule has 0 unspecified atom stereocenters. The number of nitrogens with two attached hydrogens (primary N) is 1. The molecule has 1 aliphatic carbocycles. The van der Waals surface area contributed by atoms with Crippen LogP contribution < -0.4 is 5.73 Å². The molecule has 1 saturated carbocycles. The van der Waals surface area contributed by atoms with Gasteiger partial charge in [-0.2, -0.15) is 0 Å². The molecule has 1 heterocycles. The van der Waals surface area contributed by atoms with Crippen LogP contribution in [0.4, 0.5) is 0 Å². The standard InChI is InChI=1S/C9H10Cl2N2/c10-6-3-13-4-7(11)8(6)9(12)5-1-2-5/h3-5,9H,1-2,12H2/t9-/m0/s1. The van der Waals surface area contributed by atoms with E-state index in [2.05, 4.69) is 4.98 Å². The SMILES string of the molecule is N[C@H](c1c(Cl)cncc1Cl)C1CC1. The molecule has 2 nitrogen and oxygen atoms in total. The first-order valence-corrected chi connectivity index (χ1v) is 5.00. The first-order chi connectivity index (χ1) is 6.20. The van der Waals surface area contributed by atoms with Crippen LogP contribution in [-0.4, -0.2) is 4.98 Å². The first-order valence-electron chi connectivity index (χ1n) is 4.24. The van der Waals surface area contributed by atoms with Gasteiger partial charge in [0.1, 0.15) is 0 Å². The van der Waals surface area contributed by atoms with E-state index >= 15 is 0 Å². The number of rotatable bonds is 2. The molecule has 0 radical (unpaired) electrons. The van der Waals surface area contributed by atoms with E-state index in [4.69, 9.17) is 28.9 Å². The topological polar surface area (TPSA) is 38.9 Å². The predicted octanol–water partition coefficient (Wildman–Crippen LogP) is 2.80. The van der Waals surface area contributed by atoms with Crippen molar-refractivity contribution in [3.8, 4) is 0 Å². The monoisotopic (exact) mass is 216 g/mol. The van der Waals surface area contributed by atoms with Crippen molar-refractivity contribution < 1.29 is 0 Å². The van der Waals surface area contributed by atoms with Gasteiger partial charge in [0.25, 0.3) is 0 Å². The molecule has 70 valence electrons. The smallest absolute Gasteiger partial charge is 0.0652 e. The molecule has 0 saturated heterocycles. The fourth-order valence-corrected chi connectivity index (χ4v) is 2.05. The molecule has 1 fully saturated rings. The fraction of sp³-hybridized carbons (Fsp3) is 0.444. The second-order valence-corrected chi connectivity index (χ2v) is 4.19. The minimum atomic E-state index is -0.0250. The van der Waals surface area contributed by atoms with Crippen molar-refractivity contribution in [2.24, 2.45) is 11.7 Å². The van der Waals surface area contributed by atoms with Gasteiger partial charge in [0, 0.05) is 24.0 Å². The van der Waals surface area contributed by atoms with Crippen molar-refractivity contribution in [2.75, 3.05) is 0 Å². The highest BCUT2D eigenvalue weighted by Gasteiger charge is 2.31. The molecule has 0 aliphatic heterocycles. The third-order valence-corrected chi connectivity index (χ3v) is 2.96. The van der Waals surface area contributed by atoms with Crippen LogP contribution >= 0.6 is 23.2 Å². The molecule has 4 heteroatoms. The Bertz CT molecular complexity index is 303. The molecule has 2 N–H and O–H groups in total. The number of halogens is 2. The maximum absolute atomic E-state index is 6.01. The van der Waals surface area contributed by atoms with Gasteiger partial charge in [0.15, 0.2) is 0 Å². The Balaban J connectivity index is 2.36. The van der Waals surface area contributed by atoms with E-state index in [1.165, 1.54) is 12.8 Å². The molecule has 1 aromatic rings. The van der Waals surface area contributed by atoms with E-state index in [1.807, 2.05) is 0 Å². The Hall–Kier alpha value is -0.310. The lowest BCUT2D eigenvalue weighted by Gasteiger charge is -2.13. The van der Waals surface area contributed by atoms with Crippen molar-refractivity contribution >= 4 is 23.2 Å². The zero-order valence-electron chi connectivity index (χ0n) is 7.00. The van der Waals surface area contributed by atoms with Gasteiger partial charge in [-0.15, -0.1) is 0 Å². The van der Waals surface area contributed by atoms with Crippen LogP contribution in [-0.2, 0) is 0 Å². The van der Waals surface area contributed by atoms with Gasteiger partial charge in [-0.05, 0) is 18.8 Å². The molecular formula is C9H10Cl2N2. The zero-order chi connectivity index (χ0) is 9.42. The molecule has 0 spiro atoms. The normalized spacial score (nSPS) is 18.7. The second-order valence-electron chi connectivity index (χ2n) is 3.38. The van der Waals surface area contributed by atoms with Gasteiger partial charge in [0.2, 0.25) is 0 Å². The van der Waals surface area contributed by atoms with E-state index in [9.17, 15) is 0 Å². The lowest BCUT2D eigenvalue weighted by atomic mass is 10.1. The molecule has 13 heavy (non-hydrogen) atoms. The van der Waals surface area contributed by atoms with E-state index in [0.717, 1.165) is 5.56 Å². The predicted molar refractivity (Wildman–Crippen MR) is 53.9 cm³/mol. The van der Waals surface area contributed by atoms with Crippen LogP contribution in [0.1, 0.15) is 24.4 Å². The van der Waals surface area contributed by atoms with Crippen LogP contribution in [0.3, 0.4) is 0 Å². The second kappa shape index (κ2) is 3.45. The molecule has 2 rings (SSSR count). The minimum absolute atomic E-state index is 0.0250. The average molecular weight is 217 g/mol. The number of aromatic nitrogens is 1. The Morgan fingerprint density at radius 2 is 1.85 bits per heavy atom. The quantitative estimate of drug-likeness (QED) is 0.827. The molecular weight excluding hydrogens is 207 g/mol. The van der Waals surface area contributed by atoms with Crippen LogP contribution in [0.5, 0.6) is 0 Å². The van der Waals surface area contributed by atoms with Crippen molar-refractivity contribution in [2.45, 2.75) is 18.9 Å². The van der Waals surface area contributed by atoms with Gasteiger partial charge in [-0.3, -0.25) is 4.98 Å². The molecule has 1 aromatic heterocycles. The highest BCUT2D eigenvalue weighted by Crippen LogP contribution is 2.43. The van der Waals surface area contributed by atoms with E-state index in [-0.39, 0.29) is 6.04 Å². The summed E-state index contributed by atoms with van der Waals surface area (Å²) in [6.45, 7) is 0. The van der Waals surface area contributed by atoms with Gasteiger partial charge < -0.3 is 5.73 Å². The maximum Gasteiger partial charge on any atom is 0.0652 e. The maximum atomic E-state index is 6.01. The molecule has 0 aromatic carbocycles. The summed E-state index contributed by atoms with van der Waals surface area (Å²) in [5.41, 5.74) is 6.85. The third-order valence-electron chi connectivity index (χ3n) is 2.35. The lowest BCUT2D eigenvalue weighted by Crippen LogP contribution is -2.13. The average Bonchev–Trinajstić information content (AvgIpc) is 2.85. The summed E-state index contributed by atoms with van der Waals surface area (Å²) in [6.07, 6.45) is 5.53. The van der Waals surface area contributed by atoms with E-state index < -0.39 is 0 Å². The van der Waals surface area contributed by atoms with Crippen LogP contribution in [0.2, 0.25) is 10.0 Å². The minimum Gasteiger partial charge on any atom is -0.324 e. The van der Waals surface area contributed by atoms with Crippen LogP contribution in [0.25, 0.3) is 0 Å². The summed E-state index contributed by atoms with van der Waals surface area (Å²) in [6, 6.07) is -0.0250. The Labute approximate surface area is 87.1 Å². The molecule has 0 bridgehead atoms. The Morgan fingerprint density at radius 1 is 1.31 bits per heavy atom. The summed E-state index contributed by atoms with van der Waals surface area (Å²) in [5, 5.41) is 1.15. The summed E-state index contributed by atoms with van der Waals surface area (Å²) in [4.78, 5) is 3.89. The summed E-state index contributed by atoms with van der Waals surface area (Å²) >= 11 is 11.9. The van der Waals surface area contributed by atoms with Crippen molar-refractivity contribution in [1.82, 2.24) is 4.98 Å². The summed E-state index contributed by atoms with van der Waals surface area (Å²) in [7, 11) is 0. The van der Waals surface area contributed by atoms with Gasteiger partial charge in [0.05, 0.1) is 10.0 Å². The third kappa shape index (κ3) is 1.80. The van der Waals surface area contributed by atoms with Crippen molar-refractivity contribution in [1.29, 1.82) is 0 Å². The van der Waals surface area contributed by atoms with Gasteiger partial charge in [-0.25, -0.2) is 0 Å².